The van der Waals surface area contributed by atoms with E-state index in [0.29, 0.717) is 25.3 Å². The third-order valence-corrected chi connectivity index (χ3v) is 7.55. The van der Waals surface area contributed by atoms with Crippen molar-refractivity contribution in [2.24, 2.45) is 5.92 Å². The van der Waals surface area contributed by atoms with E-state index in [1.165, 1.54) is 7.11 Å². The summed E-state index contributed by atoms with van der Waals surface area (Å²) in [6.45, 7) is 4.66. The number of benzene rings is 1. The lowest BCUT2D eigenvalue weighted by Crippen LogP contribution is -2.40. The molecule has 27 heavy (non-hydrogen) atoms. The van der Waals surface area contributed by atoms with Crippen LogP contribution in [-0.2, 0) is 14.8 Å². The van der Waals surface area contributed by atoms with E-state index in [1.54, 1.807) is 22.5 Å². The number of sulfonamides is 1. The maximum atomic E-state index is 13.1. The molecular weight excluding hydrogens is 364 g/mol. The normalized spacial score (nSPS) is 21.4. The Hall–Kier alpha value is -1.60. The Kier molecular flexibility index (Phi) is 6.42. The van der Waals surface area contributed by atoms with Gasteiger partial charge in [0.05, 0.1) is 7.11 Å². The molecule has 6 nitrogen and oxygen atoms in total. The van der Waals surface area contributed by atoms with Gasteiger partial charge in [-0.2, -0.15) is 4.31 Å². The molecule has 0 aliphatic carbocycles. The molecule has 3 rings (SSSR count). The summed E-state index contributed by atoms with van der Waals surface area (Å²) in [4.78, 5) is 14.4. The first kappa shape index (κ1) is 20.1. The minimum Gasteiger partial charge on any atom is -0.495 e. The third kappa shape index (κ3) is 4.63. The van der Waals surface area contributed by atoms with Gasteiger partial charge in [0.15, 0.2) is 0 Å². The second-order valence-electron chi connectivity index (χ2n) is 7.65. The monoisotopic (exact) mass is 394 g/mol. The molecule has 1 aromatic rings. The van der Waals surface area contributed by atoms with E-state index in [0.717, 1.165) is 50.8 Å². The van der Waals surface area contributed by atoms with Crippen molar-refractivity contribution < 1.29 is 17.9 Å². The first-order valence-corrected chi connectivity index (χ1v) is 11.3. The molecule has 0 saturated carbocycles. The molecule has 0 aromatic heterocycles. The van der Waals surface area contributed by atoms with Gasteiger partial charge < -0.3 is 9.64 Å². The summed E-state index contributed by atoms with van der Waals surface area (Å²) in [5.41, 5.74) is 0.961. The number of amides is 1. The number of hydrogen-bond acceptors (Lipinski definition) is 4. The number of methoxy groups -OCH3 is 1. The first-order valence-electron chi connectivity index (χ1n) is 9.84. The number of rotatable bonds is 6. The van der Waals surface area contributed by atoms with Gasteiger partial charge in [0.2, 0.25) is 15.9 Å². The van der Waals surface area contributed by atoms with Crippen LogP contribution in [0.1, 0.15) is 44.1 Å². The van der Waals surface area contributed by atoms with E-state index < -0.39 is 10.0 Å². The predicted octanol–water partition coefficient (Wildman–Crippen LogP) is 2.81. The number of piperidine rings is 1. The summed E-state index contributed by atoms with van der Waals surface area (Å²) in [6.07, 6.45) is 5.28. The van der Waals surface area contributed by atoms with Crippen LogP contribution in [0.15, 0.2) is 23.1 Å². The van der Waals surface area contributed by atoms with E-state index in [9.17, 15) is 13.2 Å². The lowest BCUT2D eigenvalue weighted by Gasteiger charge is -2.32. The molecule has 0 spiro atoms. The number of aryl methyl sites for hydroxylation is 1. The van der Waals surface area contributed by atoms with Crippen LogP contribution in [0.3, 0.4) is 0 Å². The summed E-state index contributed by atoms with van der Waals surface area (Å²) in [7, 11) is -2.10. The van der Waals surface area contributed by atoms with Crippen LogP contribution in [0.4, 0.5) is 0 Å². The van der Waals surface area contributed by atoms with Crippen LogP contribution >= 0.6 is 0 Å². The molecule has 7 heteroatoms. The highest BCUT2D eigenvalue weighted by Gasteiger charge is 2.32. The molecule has 2 fully saturated rings. The SMILES string of the molecule is COc1cc(C)ccc1S(=O)(=O)N1CCCC(CCC(=O)N2CCCC2)C1. The quantitative estimate of drug-likeness (QED) is 0.744. The molecule has 2 saturated heterocycles. The van der Waals surface area contributed by atoms with Gasteiger partial charge in [0.25, 0.3) is 0 Å². The fourth-order valence-electron chi connectivity index (χ4n) is 4.06. The fraction of sp³-hybridized carbons (Fsp3) is 0.650. The first-order chi connectivity index (χ1) is 12.9. The van der Waals surface area contributed by atoms with Crippen LogP contribution < -0.4 is 4.74 Å². The Labute approximate surface area is 162 Å². The molecule has 2 aliphatic rings. The number of nitrogens with zero attached hydrogens (tertiary/aromatic N) is 2. The highest BCUT2D eigenvalue weighted by Crippen LogP contribution is 2.31. The van der Waals surface area contributed by atoms with E-state index in [1.807, 2.05) is 11.8 Å². The molecule has 1 atom stereocenters. The van der Waals surface area contributed by atoms with Gasteiger partial charge in [0.1, 0.15) is 10.6 Å². The molecule has 150 valence electrons. The molecule has 0 bridgehead atoms. The van der Waals surface area contributed by atoms with Crippen molar-refractivity contribution in [1.82, 2.24) is 9.21 Å². The smallest absolute Gasteiger partial charge is 0.246 e. The Balaban J connectivity index is 1.65. The van der Waals surface area contributed by atoms with Crippen molar-refractivity contribution in [3.63, 3.8) is 0 Å². The number of hydrogen-bond donors (Lipinski definition) is 0. The average Bonchev–Trinajstić information content (AvgIpc) is 3.21. The molecule has 1 unspecified atom stereocenters. The number of likely N-dealkylation sites (tertiary alicyclic amines) is 1. The highest BCUT2D eigenvalue weighted by molar-refractivity contribution is 7.89. The Morgan fingerprint density at radius 1 is 1.19 bits per heavy atom. The van der Waals surface area contributed by atoms with Crippen LogP contribution in [0, 0.1) is 12.8 Å². The highest BCUT2D eigenvalue weighted by atomic mass is 32.2. The van der Waals surface area contributed by atoms with Crippen molar-refractivity contribution in [3.8, 4) is 5.75 Å². The lowest BCUT2D eigenvalue weighted by atomic mass is 9.94. The fourth-order valence-corrected chi connectivity index (χ4v) is 5.75. The number of carbonyl (C=O) groups is 1. The standard InChI is InChI=1S/C20H30N2O4S/c1-16-7-9-19(18(14-16)26-2)27(24,25)22-13-5-6-17(15-22)8-10-20(23)21-11-3-4-12-21/h7,9,14,17H,3-6,8,10-13,15H2,1-2H3. The molecule has 2 heterocycles. The Morgan fingerprint density at radius 2 is 1.93 bits per heavy atom. The van der Waals surface area contributed by atoms with Gasteiger partial charge in [-0.05, 0) is 62.6 Å². The van der Waals surface area contributed by atoms with E-state index in [-0.39, 0.29) is 16.7 Å². The maximum Gasteiger partial charge on any atom is 0.246 e. The summed E-state index contributed by atoms with van der Waals surface area (Å²) in [5, 5.41) is 0. The van der Waals surface area contributed by atoms with Crippen LogP contribution in [0.5, 0.6) is 5.75 Å². The van der Waals surface area contributed by atoms with E-state index in [4.69, 9.17) is 4.74 Å². The molecular formula is C20H30N2O4S. The zero-order chi connectivity index (χ0) is 19.4. The molecule has 0 radical (unpaired) electrons. The van der Waals surface area contributed by atoms with Gasteiger partial charge in [-0.3, -0.25) is 4.79 Å². The number of carbonyl (C=O) groups excluding carboxylic acids is 1. The zero-order valence-corrected chi connectivity index (χ0v) is 17.1. The summed E-state index contributed by atoms with van der Waals surface area (Å²) < 4.78 is 33.2. The summed E-state index contributed by atoms with van der Waals surface area (Å²) in [6, 6.07) is 5.18. The van der Waals surface area contributed by atoms with Gasteiger partial charge in [-0.1, -0.05) is 6.07 Å². The van der Waals surface area contributed by atoms with Crippen LogP contribution in [0.25, 0.3) is 0 Å². The van der Waals surface area contributed by atoms with Crippen molar-refractivity contribution in [1.29, 1.82) is 0 Å². The summed E-state index contributed by atoms with van der Waals surface area (Å²) in [5.74, 6) is 0.838. The van der Waals surface area contributed by atoms with Crippen molar-refractivity contribution in [2.45, 2.75) is 50.3 Å². The second-order valence-corrected chi connectivity index (χ2v) is 9.56. The van der Waals surface area contributed by atoms with Gasteiger partial charge in [-0.25, -0.2) is 8.42 Å². The molecule has 2 aliphatic heterocycles. The van der Waals surface area contributed by atoms with E-state index in [2.05, 4.69) is 0 Å². The number of ether oxygens (including phenoxy) is 1. The minimum atomic E-state index is -3.60. The molecule has 0 N–H and O–H groups in total. The van der Waals surface area contributed by atoms with Crippen molar-refractivity contribution in [2.75, 3.05) is 33.3 Å². The van der Waals surface area contributed by atoms with Crippen LogP contribution in [0.2, 0.25) is 0 Å². The largest absolute Gasteiger partial charge is 0.495 e. The topological polar surface area (TPSA) is 66.9 Å². The third-order valence-electron chi connectivity index (χ3n) is 5.64. The average molecular weight is 395 g/mol. The van der Waals surface area contributed by atoms with Crippen LogP contribution in [-0.4, -0.2) is 56.8 Å². The van der Waals surface area contributed by atoms with Crippen molar-refractivity contribution in [3.05, 3.63) is 23.8 Å². The van der Waals surface area contributed by atoms with Gasteiger partial charge in [-0.15, -0.1) is 0 Å². The summed E-state index contributed by atoms with van der Waals surface area (Å²) >= 11 is 0. The maximum absolute atomic E-state index is 13.1. The Morgan fingerprint density at radius 3 is 2.63 bits per heavy atom. The van der Waals surface area contributed by atoms with Gasteiger partial charge in [0, 0.05) is 32.6 Å². The second kappa shape index (κ2) is 8.61. The minimum absolute atomic E-state index is 0.215. The predicted molar refractivity (Wildman–Crippen MR) is 104 cm³/mol. The zero-order valence-electron chi connectivity index (χ0n) is 16.3. The molecule has 1 aromatic carbocycles. The van der Waals surface area contributed by atoms with Crippen molar-refractivity contribution >= 4 is 15.9 Å². The lowest BCUT2D eigenvalue weighted by molar-refractivity contribution is -0.130. The van der Waals surface area contributed by atoms with E-state index >= 15 is 0 Å². The Bertz CT molecular complexity index is 772. The van der Waals surface area contributed by atoms with Gasteiger partial charge >= 0.3 is 0 Å². The molecule has 1 amide bonds.